The molecule has 0 aliphatic rings. The summed E-state index contributed by atoms with van der Waals surface area (Å²) in [5.74, 6) is -0.489. The second-order valence-corrected chi connectivity index (χ2v) is 7.21. The van der Waals surface area contributed by atoms with Gasteiger partial charge >= 0.3 is 12.1 Å². The zero-order valence-corrected chi connectivity index (χ0v) is 14.8. The number of benzene rings is 1. The van der Waals surface area contributed by atoms with Crippen molar-refractivity contribution in [2.75, 3.05) is 0 Å². The van der Waals surface area contributed by atoms with Crippen LogP contribution in [-0.2, 0) is 20.7 Å². The van der Waals surface area contributed by atoms with Crippen molar-refractivity contribution in [3.05, 3.63) is 35.9 Å². The van der Waals surface area contributed by atoms with Gasteiger partial charge in [0.2, 0.25) is 0 Å². The number of hydrogen-bond acceptors (Lipinski definition) is 4. The first-order chi connectivity index (χ1) is 10.5. The Morgan fingerprint density at radius 2 is 1.61 bits per heavy atom. The molecule has 0 spiro atoms. The molecule has 0 radical (unpaired) electrons. The van der Waals surface area contributed by atoms with Gasteiger partial charge in [0.15, 0.2) is 0 Å². The number of alkyl carbamates (subject to hydrolysis) is 1. The molecule has 0 fully saturated rings. The number of esters is 1. The van der Waals surface area contributed by atoms with Gasteiger partial charge in [-0.15, -0.1) is 0 Å². The third-order valence-corrected chi connectivity index (χ3v) is 2.94. The van der Waals surface area contributed by atoms with Gasteiger partial charge in [0.05, 0.1) is 0 Å². The minimum atomic E-state index is -0.778. The van der Waals surface area contributed by atoms with E-state index in [1.54, 1.807) is 27.7 Å². The number of hydrogen-bond donors (Lipinski definition) is 1. The Labute approximate surface area is 138 Å². The van der Waals surface area contributed by atoms with E-state index in [4.69, 9.17) is 9.47 Å². The molecular formula is C18H27NO4. The van der Waals surface area contributed by atoms with E-state index in [1.165, 1.54) is 0 Å². The lowest BCUT2D eigenvalue weighted by molar-refractivity contribution is -0.158. The standard InChI is InChI=1S/C18H27NO4/c1-13(19-16(21)23-17(2,3)4)15(20)22-18(5,6)12-14-10-8-7-9-11-14/h7-11,13H,12H2,1-6H3,(H,19,21). The van der Waals surface area contributed by atoms with Crippen molar-refractivity contribution in [2.24, 2.45) is 0 Å². The average molecular weight is 321 g/mol. The Bertz CT molecular complexity index is 532. The zero-order chi connectivity index (χ0) is 17.7. The highest BCUT2D eigenvalue weighted by Crippen LogP contribution is 2.18. The van der Waals surface area contributed by atoms with Crippen LogP contribution in [0.1, 0.15) is 47.1 Å². The molecule has 1 rings (SSSR count). The number of rotatable bonds is 5. The van der Waals surface area contributed by atoms with E-state index in [0.717, 1.165) is 5.56 Å². The highest BCUT2D eigenvalue weighted by Gasteiger charge is 2.28. The van der Waals surface area contributed by atoms with Gasteiger partial charge in [-0.1, -0.05) is 30.3 Å². The topological polar surface area (TPSA) is 64.6 Å². The molecule has 0 aliphatic heterocycles. The summed E-state index contributed by atoms with van der Waals surface area (Å²) < 4.78 is 10.7. The summed E-state index contributed by atoms with van der Waals surface area (Å²) in [4.78, 5) is 23.8. The van der Waals surface area contributed by atoms with Crippen LogP contribution < -0.4 is 5.32 Å². The van der Waals surface area contributed by atoms with E-state index >= 15 is 0 Å². The lowest BCUT2D eigenvalue weighted by Crippen LogP contribution is -2.45. The second-order valence-electron chi connectivity index (χ2n) is 7.21. The molecule has 0 aliphatic carbocycles. The van der Waals surface area contributed by atoms with Crippen LogP contribution in [0.15, 0.2) is 30.3 Å². The average Bonchev–Trinajstić information content (AvgIpc) is 2.36. The van der Waals surface area contributed by atoms with Gasteiger partial charge in [0.1, 0.15) is 17.2 Å². The van der Waals surface area contributed by atoms with Crippen molar-refractivity contribution in [3.63, 3.8) is 0 Å². The van der Waals surface area contributed by atoms with E-state index in [0.29, 0.717) is 6.42 Å². The molecule has 0 heterocycles. The van der Waals surface area contributed by atoms with Crippen LogP contribution >= 0.6 is 0 Å². The largest absolute Gasteiger partial charge is 0.458 e. The first kappa shape index (κ1) is 19.0. The van der Waals surface area contributed by atoms with Crippen molar-refractivity contribution >= 4 is 12.1 Å². The molecule has 1 aromatic carbocycles. The molecule has 1 unspecified atom stereocenters. The molecule has 23 heavy (non-hydrogen) atoms. The summed E-state index contributed by atoms with van der Waals surface area (Å²) in [5, 5.41) is 2.49. The van der Waals surface area contributed by atoms with E-state index in [1.807, 2.05) is 44.2 Å². The monoisotopic (exact) mass is 321 g/mol. The Hall–Kier alpha value is -2.04. The summed E-state index contributed by atoms with van der Waals surface area (Å²) in [6, 6.07) is 9.02. The summed E-state index contributed by atoms with van der Waals surface area (Å²) >= 11 is 0. The fourth-order valence-electron chi connectivity index (χ4n) is 2.03. The number of nitrogens with one attached hydrogen (secondary N) is 1. The van der Waals surface area contributed by atoms with Crippen molar-refractivity contribution < 1.29 is 19.1 Å². The van der Waals surface area contributed by atoms with Crippen LogP contribution in [0.5, 0.6) is 0 Å². The van der Waals surface area contributed by atoms with Crippen LogP contribution in [0, 0.1) is 0 Å². The second kappa shape index (κ2) is 7.49. The van der Waals surface area contributed by atoms with Crippen molar-refractivity contribution in [2.45, 2.75) is 65.2 Å². The Kier molecular flexibility index (Phi) is 6.19. The van der Waals surface area contributed by atoms with Crippen molar-refractivity contribution in [1.82, 2.24) is 5.32 Å². The van der Waals surface area contributed by atoms with Crippen LogP contribution in [0.25, 0.3) is 0 Å². The quantitative estimate of drug-likeness (QED) is 0.844. The van der Waals surface area contributed by atoms with Crippen molar-refractivity contribution in [3.8, 4) is 0 Å². The minimum absolute atomic E-state index is 0.489. The summed E-state index contributed by atoms with van der Waals surface area (Å²) in [6.45, 7) is 10.6. The fourth-order valence-corrected chi connectivity index (χ4v) is 2.03. The molecule has 1 aromatic rings. The smallest absolute Gasteiger partial charge is 0.408 e. The number of carbonyl (C=O) groups excluding carboxylic acids is 2. The lowest BCUT2D eigenvalue weighted by atomic mass is 9.98. The molecule has 1 N–H and O–H groups in total. The predicted octanol–water partition coefficient (Wildman–Crippen LogP) is 3.46. The fraction of sp³-hybridized carbons (Fsp3) is 0.556. The lowest BCUT2D eigenvalue weighted by Gasteiger charge is -2.27. The number of ether oxygens (including phenoxy) is 2. The van der Waals surface area contributed by atoms with Crippen LogP contribution in [0.2, 0.25) is 0 Å². The normalized spacial score (nSPS) is 13.1. The molecule has 5 nitrogen and oxygen atoms in total. The minimum Gasteiger partial charge on any atom is -0.458 e. The Balaban J connectivity index is 2.55. The molecule has 0 bridgehead atoms. The van der Waals surface area contributed by atoms with Crippen LogP contribution in [0.4, 0.5) is 4.79 Å². The predicted molar refractivity (Wildman–Crippen MR) is 89.1 cm³/mol. The third kappa shape index (κ3) is 7.68. The van der Waals surface area contributed by atoms with E-state index in [2.05, 4.69) is 5.32 Å². The van der Waals surface area contributed by atoms with E-state index in [-0.39, 0.29) is 0 Å². The maximum Gasteiger partial charge on any atom is 0.408 e. The van der Waals surface area contributed by atoms with Crippen molar-refractivity contribution in [1.29, 1.82) is 0 Å². The number of carbonyl (C=O) groups is 2. The first-order valence-corrected chi connectivity index (χ1v) is 7.75. The molecule has 0 saturated carbocycles. The van der Waals surface area contributed by atoms with Crippen LogP contribution in [-0.4, -0.2) is 29.3 Å². The maximum atomic E-state index is 12.2. The molecule has 1 amide bonds. The van der Waals surface area contributed by atoms with E-state index < -0.39 is 29.3 Å². The number of amides is 1. The van der Waals surface area contributed by atoms with Gasteiger partial charge in [-0.05, 0) is 47.1 Å². The summed E-state index contributed by atoms with van der Waals surface area (Å²) in [6.07, 6.45) is -0.0403. The molecule has 0 aromatic heterocycles. The summed E-state index contributed by atoms with van der Waals surface area (Å²) in [7, 11) is 0. The van der Waals surface area contributed by atoms with Gasteiger partial charge in [0.25, 0.3) is 0 Å². The zero-order valence-electron chi connectivity index (χ0n) is 14.8. The van der Waals surface area contributed by atoms with Gasteiger partial charge in [-0.25, -0.2) is 9.59 Å². The molecule has 1 atom stereocenters. The summed E-state index contributed by atoms with van der Waals surface area (Å²) in [5.41, 5.74) is -0.194. The molecular weight excluding hydrogens is 294 g/mol. The maximum absolute atomic E-state index is 12.2. The SMILES string of the molecule is CC(NC(=O)OC(C)(C)C)C(=O)OC(C)(C)Cc1ccccc1. The van der Waals surface area contributed by atoms with Gasteiger partial charge < -0.3 is 14.8 Å². The highest BCUT2D eigenvalue weighted by molar-refractivity contribution is 5.81. The highest BCUT2D eigenvalue weighted by atomic mass is 16.6. The molecule has 5 heteroatoms. The van der Waals surface area contributed by atoms with Gasteiger partial charge in [-0.3, -0.25) is 0 Å². The van der Waals surface area contributed by atoms with Gasteiger partial charge in [-0.2, -0.15) is 0 Å². The first-order valence-electron chi connectivity index (χ1n) is 7.75. The van der Waals surface area contributed by atoms with E-state index in [9.17, 15) is 9.59 Å². The van der Waals surface area contributed by atoms with Gasteiger partial charge in [0, 0.05) is 6.42 Å². The Morgan fingerprint density at radius 3 is 2.13 bits per heavy atom. The van der Waals surface area contributed by atoms with Crippen LogP contribution in [0.3, 0.4) is 0 Å². The Morgan fingerprint density at radius 1 is 1.04 bits per heavy atom. The third-order valence-electron chi connectivity index (χ3n) is 2.94. The molecule has 0 saturated heterocycles. The molecule has 128 valence electrons.